The van der Waals surface area contributed by atoms with Crippen molar-refractivity contribution in [3.05, 3.63) is 64.6 Å². The monoisotopic (exact) mass is 377 g/mol. The highest BCUT2D eigenvalue weighted by atomic mass is 16.2. The zero-order chi connectivity index (χ0) is 19.7. The fraction of sp³-hybridized carbons (Fsp3) is 0.200. The second-order valence-electron chi connectivity index (χ2n) is 6.58. The van der Waals surface area contributed by atoms with Gasteiger partial charge in [-0.3, -0.25) is 14.5 Å². The summed E-state index contributed by atoms with van der Waals surface area (Å²) in [6, 6.07) is 14.1. The lowest BCUT2D eigenvalue weighted by Crippen LogP contribution is -2.27. The Labute approximate surface area is 160 Å². The third kappa shape index (κ3) is 3.32. The average molecular weight is 377 g/mol. The van der Waals surface area contributed by atoms with Crippen molar-refractivity contribution in [1.29, 1.82) is 0 Å². The van der Waals surface area contributed by atoms with Gasteiger partial charge >= 0.3 is 6.03 Å². The average Bonchev–Trinajstić information content (AvgIpc) is 3.12. The van der Waals surface area contributed by atoms with Gasteiger partial charge in [0.25, 0.3) is 5.56 Å². The number of nitrogens with one attached hydrogen (secondary N) is 2. The number of urea groups is 1. The molecule has 0 radical (unpaired) electrons. The molecule has 0 saturated carbocycles. The number of fused-ring (bicyclic) bond motifs is 1. The van der Waals surface area contributed by atoms with Crippen LogP contribution in [0.3, 0.4) is 0 Å². The van der Waals surface area contributed by atoms with Crippen molar-refractivity contribution in [3.8, 4) is 0 Å². The number of hydrogen-bond donors (Lipinski definition) is 2. The molecule has 0 unspecified atom stereocenters. The van der Waals surface area contributed by atoms with Crippen LogP contribution in [0.2, 0.25) is 0 Å². The van der Waals surface area contributed by atoms with Crippen molar-refractivity contribution in [3.63, 3.8) is 0 Å². The number of benzene rings is 2. The smallest absolute Gasteiger partial charge is 0.321 e. The van der Waals surface area contributed by atoms with Crippen LogP contribution in [0.5, 0.6) is 0 Å². The van der Waals surface area contributed by atoms with Gasteiger partial charge in [0, 0.05) is 36.9 Å². The molecule has 3 aromatic rings. The number of carbonyl (C=O) groups is 2. The van der Waals surface area contributed by atoms with Gasteiger partial charge in [-0.1, -0.05) is 18.2 Å². The SMILES string of the molecule is Cn1nc(CC(=O)Nc2ccc(N3CCNC3=O)cc2)c2ccccc2c1=O. The van der Waals surface area contributed by atoms with Crippen molar-refractivity contribution in [1.82, 2.24) is 15.1 Å². The Bertz CT molecular complexity index is 1120. The summed E-state index contributed by atoms with van der Waals surface area (Å²) in [5.74, 6) is -0.233. The van der Waals surface area contributed by atoms with Crippen molar-refractivity contribution in [2.75, 3.05) is 23.3 Å². The number of carbonyl (C=O) groups excluding carboxylic acids is 2. The molecule has 2 aromatic carbocycles. The lowest BCUT2D eigenvalue weighted by Gasteiger charge is -2.15. The molecule has 4 rings (SSSR count). The minimum Gasteiger partial charge on any atom is -0.336 e. The van der Waals surface area contributed by atoms with Gasteiger partial charge in [0.15, 0.2) is 0 Å². The summed E-state index contributed by atoms with van der Waals surface area (Å²) in [6.07, 6.45) is 0.0465. The van der Waals surface area contributed by atoms with Crippen molar-refractivity contribution in [2.24, 2.45) is 7.05 Å². The van der Waals surface area contributed by atoms with Crippen LogP contribution in [0.4, 0.5) is 16.2 Å². The first kappa shape index (κ1) is 17.7. The topological polar surface area (TPSA) is 96.3 Å². The molecule has 3 amide bonds. The molecule has 8 nitrogen and oxygen atoms in total. The van der Waals surface area contributed by atoms with Gasteiger partial charge in [-0.15, -0.1) is 0 Å². The minimum atomic E-state index is -0.233. The molecule has 1 fully saturated rings. The predicted molar refractivity (Wildman–Crippen MR) is 107 cm³/mol. The van der Waals surface area contributed by atoms with E-state index in [9.17, 15) is 14.4 Å². The Balaban J connectivity index is 1.51. The first-order valence-corrected chi connectivity index (χ1v) is 8.93. The molecule has 0 bridgehead atoms. The molecule has 1 aliphatic heterocycles. The molecular formula is C20H19N5O3. The molecule has 142 valence electrons. The molecule has 1 saturated heterocycles. The molecular weight excluding hydrogens is 358 g/mol. The lowest BCUT2D eigenvalue weighted by atomic mass is 10.1. The van der Waals surface area contributed by atoms with Crippen LogP contribution in [0.15, 0.2) is 53.3 Å². The zero-order valence-electron chi connectivity index (χ0n) is 15.3. The van der Waals surface area contributed by atoms with Crippen LogP contribution < -0.4 is 21.1 Å². The molecule has 28 heavy (non-hydrogen) atoms. The largest absolute Gasteiger partial charge is 0.336 e. The normalized spacial score (nSPS) is 13.6. The van der Waals surface area contributed by atoms with Crippen LogP contribution in [0.1, 0.15) is 5.69 Å². The number of rotatable bonds is 4. The Hall–Kier alpha value is -3.68. The summed E-state index contributed by atoms with van der Waals surface area (Å²) in [7, 11) is 1.57. The third-order valence-electron chi connectivity index (χ3n) is 4.68. The van der Waals surface area contributed by atoms with Crippen LogP contribution in [-0.2, 0) is 18.3 Å². The number of aromatic nitrogens is 2. The quantitative estimate of drug-likeness (QED) is 0.722. The van der Waals surface area contributed by atoms with E-state index in [0.717, 1.165) is 5.69 Å². The fourth-order valence-electron chi connectivity index (χ4n) is 3.31. The van der Waals surface area contributed by atoms with Gasteiger partial charge < -0.3 is 10.6 Å². The molecule has 0 atom stereocenters. The van der Waals surface area contributed by atoms with Gasteiger partial charge in [0.05, 0.1) is 17.5 Å². The van der Waals surface area contributed by atoms with E-state index in [0.29, 0.717) is 35.2 Å². The Morgan fingerprint density at radius 2 is 1.82 bits per heavy atom. The van der Waals surface area contributed by atoms with E-state index >= 15 is 0 Å². The summed E-state index contributed by atoms with van der Waals surface area (Å²) in [5.41, 5.74) is 1.75. The first-order chi connectivity index (χ1) is 13.5. The molecule has 2 N–H and O–H groups in total. The van der Waals surface area contributed by atoms with E-state index in [1.807, 2.05) is 6.07 Å². The lowest BCUT2D eigenvalue weighted by molar-refractivity contribution is -0.115. The van der Waals surface area contributed by atoms with Crippen LogP contribution in [0.25, 0.3) is 10.8 Å². The zero-order valence-corrected chi connectivity index (χ0v) is 15.3. The van der Waals surface area contributed by atoms with Gasteiger partial charge in [0.1, 0.15) is 0 Å². The van der Waals surface area contributed by atoms with E-state index in [4.69, 9.17) is 0 Å². The number of nitrogens with zero attached hydrogens (tertiary/aromatic N) is 3. The predicted octanol–water partition coefficient (Wildman–Crippen LogP) is 1.64. The summed E-state index contributed by atoms with van der Waals surface area (Å²) in [5, 5.41) is 11.0. The van der Waals surface area contributed by atoms with Crippen LogP contribution in [0, 0.1) is 0 Å². The van der Waals surface area contributed by atoms with Gasteiger partial charge in [0.2, 0.25) is 5.91 Å². The third-order valence-corrected chi connectivity index (χ3v) is 4.68. The molecule has 0 aliphatic carbocycles. The van der Waals surface area contributed by atoms with E-state index in [1.165, 1.54) is 4.68 Å². The van der Waals surface area contributed by atoms with Crippen molar-refractivity contribution < 1.29 is 9.59 Å². The Morgan fingerprint density at radius 1 is 1.11 bits per heavy atom. The number of anilines is 2. The fourth-order valence-corrected chi connectivity index (χ4v) is 3.31. The van der Waals surface area contributed by atoms with E-state index in [2.05, 4.69) is 15.7 Å². The summed E-state index contributed by atoms with van der Waals surface area (Å²) >= 11 is 0. The molecule has 0 spiro atoms. The molecule has 1 aromatic heterocycles. The summed E-state index contributed by atoms with van der Waals surface area (Å²) in [4.78, 5) is 38.0. The Morgan fingerprint density at radius 3 is 2.50 bits per heavy atom. The Kier molecular flexibility index (Phi) is 4.52. The van der Waals surface area contributed by atoms with Gasteiger partial charge in [-0.25, -0.2) is 9.48 Å². The number of aryl methyl sites for hydroxylation is 1. The molecule has 1 aliphatic rings. The molecule has 8 heteroatoms. The van der Waals surface area contributed by atoms with E-state index in [1.54, 1.807) is 54.4 Å². The maximum absolute atomic E-state index is 12.5. The molecule has 2 heterocycles. The highest BCUT2D eigenvalue weighted by molar-refractivity contribution is 5.96. The van der Waals surface area contributed by atoms with Crippen molar-refractivity contribution in [2.45, 2.75) is 6.42 Å². The maximum Gasteiger partial charge on any atom is 0.321 e. The second kappa shape index (κ2) is 7.15. The number of hydrogen-bond acceptors (Lipinski definition) is 4. The van der Waals surface area contributed by atoms with Crippen LogP contribution >= 0.6 is 0 Å². The minimum absolute atomic E-state index is 0.0465. The standard InChI is InChI=1S/C20H19N5O3/c1-24-19(27)16-5-3-2-4-15(16)17(23-24)12-18(26)22-13-6-8-14(9-7-13)25-11-10-21-20(25)28/h2-9H,10-12H2,1H3,(H,21,28)(H,22,26). The van der Waals surface area contributed by atoms with Crippen molar-refractivity contribution >= 4 is 34.1 Å². The van der Waals surface area contributed by atoms with Crippen LogP contribution in [-0.4, -0.2) is 34.8 Å². The highest BCUT2D eigenvalue weighted by Crippen LogP contribution is 2.20. The van der Waals surface area contributed by atoms with Gasteiger partial charge in [-0.2, -0.15) is 5.10 Å². The highest BCUT2D eigenvalue weighted by Gasteiger charge is 2.21. The van der Waals surface area contributed by atoms with E-state index in [-0.39, 0.29) is 23.9 Å². The second-order valence-corrected chi connectivity index (χ2v) is 6.58. The maximum atomic E-state index is 12.5. The van der Waals surface area contributed by atoms with E-state index < -0.39 is 0 Å². The number of amides is 3. The first-order valence-electron chi connectivity index (χ1n) is 8.93. The van der Waals surface area contributed by atoms with Gasteiger partial charge in [-0.05, 0) is 30.3 Å². The summed E-state index contributed by atoms with van der Waals surface area (Å²) < 4.78 is 1.25. The summed E-state index contributed by atoms with van der Waals surface area (Å²) in [6.45, 7) is 1.24.